The van der Waals surface area contributed by atoms with Crippen LogP contribution in [-0.2, 0) is 30.7 Å². The van der Waals surface area contributed by atoms with E-state index in [1.807, 2.05) is 6.92 Å². The number of aryl methyl sites for hydroxylation is 2. The van der Waals surface area contributed by atoms with E-state index in [2.05, 4.69) is 20.4 Å². The average Bonchev–Trinajstić information content (AvgIpc) is 3.31. The number of aromatic nitrogens is 5. The minimum absolute atomic E-state index is 0.0616. The van der Waals surface area contributed by atoms with Crippen LogP contribution in [0.25, 0.3) is 0 Å². The molecular weight excluding hydrogens is 570 g/mol. The van der Waals surface area contributed by atoms with Crippen LogP contribution >= 0.6 is 0 Å². The first-order chi connectivity index (χ1) is 19.5. The Bertz CT molecular complexity index is 1420. The van der Waals surface area contributed by atoms with Crippen LogP contribution in [0.4, 0.5) is 48.6 Å². The number of carbonyl (C=O) groups excluding carboxylic acids is 1. The zero-order valence-corrected chi connectivity index (χ0v) is 23.5. The quantitative estimate of drug-likeness (QED) is 0.353. The summed E-state index contributed by atoms with van der Waals surface area (Å²) < 4.78 is 87.4. The summed E-state index contributed by atoms with van der Waals surface area (Å²) in [7, 11) is 1.47. The third kappa shape index (κ3) is 6.36. The SMILES string of the molecule is CC[C@@H]1C[C@H](N(Cc2cc(C(F)(F)F)cc(C(F)(F)F)c2)c2nnn(C)n2)c2nc(N)c(C)cc2N1C(=O)OC(C)C. The average molecular weight is 601 g/mol. The highest BCUT2D eigenvalue weighted by Gasteiger charge is 2.42. The highest BCUT2D eigenvalue weighted by Crippen LogP contribution is 2.44. The van der Waals surface area contributed by atoms with Gasteiger partial charge in [-0.3, -0.25) is 4.90 Å². The van der Waals surface area contributed by atoms with Crippen molar-refractivity contribution in [3.63, 3.8) is 0 Å². The Labute approximate surface area is 237 Å². The van der Waals surface area contributed by atoms with E-state index in [-0.39, 0.29) is 35.5 Å². The largest absolute Gasteiger partial charge is 0.446 e. The van der Waals surface area contributed by atoms with Gasteiger partial charge >= 0.3 is 18.4 Å². The smallest absolute Gasteiger partial charge is 0.416 e. The number of nitrogens with zero attached hydrogens (tertiary/aromatic N) is 7. The number of carbonyl (C=O) groups is 1. The number of rotatable bonds is 6. The summed E-state index contributed by atoms with van der Waals surface area (Å²) in [5, 5.41) is 12.0. The molecule has 2 N–H and O–H groups in total. The summed E-state index contributed by atoms with van der Waals surface area (Å²) in [6.45, 7) is 6.47. The summed E-state index contributed by atoms with van der Waals surface area (Å²) in [6, 6.07) is 1.74. The van der Waals surface area contributed by atoms with Crippen LogP contribution in [0.2, 0.25) is 0 Å². The second kappa shape index (κ2) is 11.3. The van der Waals surface area contributed by atoms with Crippen molar-refractivity contribution in [2.24, 2.45) is 7.05 Å². The lowest BCUT2D eigenvalue weighted by Crippen LogP contribution is -2.49. The zero-order valence-electron chi connectivity index (χ0n) is 23.5. The molecule has 1 aliphatic rings. The second-order valence-electron chi connectivity index (χ2n) is 10.3. The fourth-order valence-corrected chi connectivity index (χ4v) is 4.88. The van der Waals surface area contributed by atoms with Gasteiger partial charge in [0.2, 0.25) is 0 Å². The predicted octanol–water partition coefficient (Wildman–Crippen LogP) is 5.81. The van der Waals surface area contributed by atoms with Crippen molar-refractivity contribution < 1.29 is 35.9 Å². The molecule has 0 saturated carbocycles. The Morgan fingerprint density at radius 2 is 1.74 bits per heavy atom. The highest BCUT2D eigenvalue weighted by molar-refractivity contribution is 5.90. The number of nitrogen functional groups attached to an aromatic ring is 1. The molecule has 2 aromatic heterocycles. The van der Waals surface area contributed by atoms with E-state index in [9.17, 15) is 31.1 Å². The molecule has 42 heavy (non-hydrogen) atoms. The molecule has 1 aromatic carbocycles. The fourth-order valence-electron chi connectivity index (χ4n) is 4.88. The van der Waals surface area contributed by atoms with Gasteiger partial charge in [0.05, 0.1) is 41.7 Å². The fraction of sp³-hybridized carbons (Fsp3) is 0.500. The van der Waals surface area contributed by atoms with Gasteiger partial charge in [-0.05, 0) is 74.2 Å². The predicted molar refractivity (Wildman–Crippen MR) is 140 cm³/mol. The summed E-state index contributed by atoms with van der Waals surface area (Å²) in [5.74, 6) is 0.0739. The van der Waals surface area contributed by atoms with Crippen molar-refractivity contribution >= 4 is 23.5 Å². The molecule has 0 saturated heterocycles. The Morgan fingerprint density at radius 1 is 1.12 bits per heavy atom. The molecule has 0 unspecified atom stereocenters. The lowest BCUT2D eigenvalue weighted by Gasteiger charge is -2.43. The Kier molecular flexibility index (Phi) is 8.29. The van der Waals surface area contributed by atoms with Crippen molar-refractivity contribution in [2.45, 2.75) is 77.6 Å². The maximum atomic E-state index is 13.6. The van der Waals surface area contributed by atoms with Crippen LogP contribution < -0.4 is 15.5 Å². The maximum Gasteiger partial charge on any atom is 0.416 e. The molecule has 4 rings (SSSR count). The van der Waals surface area contributed by atoms with Gasteiger partial charge in [0.15, 0.2) is 0 Å². The Morgan fingerprint density at radius 3 is 2.24 bits per heavy atom. The van der Waals surface area contributed by atoms with Gasteiger partial charge in [-0.2, -0.15) is 31.1 Å². The monoisotopic (exact) mass is 600 g/mol. The second-order valence-corrected chi connectivity index (χ2v) is 10.3. The summed E-state index contributed by atoms with van der Waals surface area (Å²) in [5.41, 5.74) is 4.13. The van der Waals surface area contributed by atoms with Crippen LogP contribution in [-0.4, -0.2) is 43.4 Å². The van der Waals surface area contributed by atoms with Crippen LogP contribution in [0.1, 0.15) is 67.6 Å². The van der Waals surface area contributed by atoms with E-state index in [1.165, 1.54) is 16.8 Å². The minimum atomic E-state index is -5.03. The molecular formula is C26H30F6N8O2. The van der Waals surface area contributed by atoms with Crippen LogP contribution in [0.5, 0.6) is 0 Å². The van der Waals surface area contributed by atoms with Gasteiger partial charge < -0.3 is 15.4 Å². The van der Waals surface area contributed by atoms with Crippen molar-refractivity contribution in [2.75, 3.05) is 15.5 Å². The van der Waals surface area contributed by atoms with Gasteiger partial charge in [0.25, 0.3) is 5.95 Å². The number of pyridine rings is 1. The van der Waals surface area contributed by atoms with Crippen LogP contribution in [0, 0.1) is 6.92 Å². The number of halogens is 6. The number of nitrogens with two attached hydrogens (primary N) is 1. The molecule has 2 atom stereocenters. The number of hydrogen-bond donors (Lipinski definition) is 1. The number of hydrogen-bond acceptors (Lipinski definition) is 8. The van der Waals surface area contributed by atoms with Gasteiger partial charge in [0.1, 0.15) is 5.82 Å². The molecule has 3 heterocycles. The molecule has 1 aliphatic heterocycles. The molecule has 0 fully saturated rings. The van der Waals surface area contributed by atoms with Gasteiger partial charge in [-0.15, -0.1) is 5.10 Å². The molecule has 0 radical (unpaired) electrons. The van der Waals surface area contributed by atoms with Crippen LogP contribution in [0.3, 0.4) is 0 Å². The summed E-state index contributed by atoms with van der Waals surface area (Å²) in [4.78, 5) is 21.7. The van der Waals surface area contributed by atoms with E-state index in [1.54, 1.807) is 26.8 Å². The summed E-state index contributed by atoms with van der Waals surface area (Å²) in [6.07, 6.45) is -10.5. The number of tetrazole rings is 1. The van der Waals surface area contributed by atoms with Gasteiger partial charge in [-0.1, -0.05) is 12.0 Å². The van der Waals surface area contributed by atoms with Crippen LogP contribution in [0.15, 0.2) is 24.3 Å². The van der Waals surface area contributed by atoms with E-state index >= 15 is 0 Å². The van der Waals surface area contributed by atoms with Gasteiger partial charge in [0, 0.05) is 12.6 Å². The third-order valence-corrected chi connectivity index (χ3v) is 6.83. The molecule has 0 bridgehead atoms. The maximum absolute atomic E-state index is 13.6. The molecule has 10 nitrogen and oxygen atoms in total. The number of benzene rings is 1. The van der Waals surface area contributed by atoms with E-state index in [0.29, 0.717) is 29.8 Å². The van der Waals surface area contributed by atoms with Crippen molar-refractivity contribution in [3.8, 4) is 0 Å². The lowest BCUT2D eigenvalue weighted by atomic mass is 9.91. The first-order valence-electron chi connectivity index (χ1n) is 13.0. The molecule has 1 amide bonds. The standard InChI is InChI=1S/C26H30F6N8O2/c1-6-18-11-19(21-20(7-14(4)22(33)34-21)40(18)24(41)42-13(2)3)39(23-35-37-38(5)36-23)12-15-8-16(25(27,28)29)10-17(9-15)26(30,31)32/h7-10,13,18-19H,6,11-12H2,1-5H3,(H2,33,34)/t18-,19+/m1/s1. The molecule has 0 aliphatic carbocycles. The minimum Gasteiger partial charge on any atom is -0.446 e. The topological polar surface area (TPSA) is 115 Å². The first kappa shape index (κ1) is 30.8. The Balaban J connectivity index is 1.90. The van der Waals surface area contributed by atoms with Gasteiger partial charge in [-0.25, -0.2) is 9.78 Å². The molecule has 16 heteroatoms. The number of anilines is 3. The zero-order chi connectivity index (χ0) is 31.1. The van der Waals surface area contributed by atoms with E-state index < -0.39 is 54.3 Å². The third-order valence-electron chi connectivity index (χ3n) is 6.83. The van der Waals surface area contributed by atoms with E-state index in [4.69, 9.17) is 10.5 Å². The lowest BCUT2D eigenvalue weighted by molar-refractivity contribution is -0.143. The molecule has 0 spiro atoms. The first-order valence-corrected chi connectivity index (χ1v) is 13.0. The van der Waals surface area contributed by atoms with Crippen molar-refractivity contribution in [1.29, 1.82) is 0 Å². The number of ether oxygens (including phenoxy) is 1. The normalized spacial score (nSPS) is 17.4. The number of amides is 1. The van der Waals surface area contributed by atoms with Crippen molar-refractivity contribution in [1.82, 2.24) is 25.2 Å². The molecule has 3 aromatic rings. The number of alkyl halides is 6. The summed E-state index contributed by atoms with van der Waals surface area (Å²) >= 11 is 0. The van der Waals surface area contributed by atoms with Crippen molar-refractivity contribution in [3.05, 3.63) is 52.2 Å². The Hall–Kier alpha value is -4.11. The number of fused-ring (bicyclic) bond motifs is 1. The van der Waals surface area contributed by atoms with E-state index in [0.717, 1.165) is 4.80 Å². The molecule has 228 valence electrons. The highest BCUT2D eigenvalue weighted by atomic mass is 19.4.